The molecule has 0 bridgehead atoms. The Morgan fingerprint density at radius 3 is 2.53 bits per heavy atom. The summed E-state index contributed by atoms with van der Waals surface area (Å²) >= 11 is 5.97. The number of carbonyl (C=O) groups is 2. The highest BCUT2D eigenvalue weighted by Crippen LogP contribution is 2.25. The summed E-state index contributed by atoms with van der Waals surface area (Å²) in [6, 6.07) is 13.1. The molecule has 0 N–H and O–H groups in total. The number of ether oxygens (including phenoxy) is 1. The molecule has 2 aliphatic rings. The van der Waals surface area contributed by atoms with E-state index in [-0.39, 0.29) is 11.8 Å². The summed E-state index contributed by atoms with van der Waals surface area (Å²) in [5, 5.41) is 5.39. The molecule has 0 saturated carbocycles. The average molecular weight is 480 g/mol. The van der Waals surface area contributed by atoms with E-state index < -0.39 is 0 Å². The van der Waals surface area contributed by atoms with Crippen molar-refractivity contribution in [2.45, 2.75) is 25.9 Å². The molecule has 2 aromatic heterocycles. The lowest BCUT2D eigenvalue weighted by Crippen LogP contribution is -2.42. The number of carbonyl (C=O) groups excluding carboxylic acids is 2. The molecule has 0 radical (unpaired) electrons. The summed E-state index contributed by atoms with van der Waals surface area (Å²) in [6.45, 7) is 3.56. The molecule has 3 aromatic rings. The first-order valence-corrected chi connectivity index (χ1v) is 11.8. The monoisotopic (exact) mass is 479 g/mol. The predicted octanol–water partition coefficient (Wildman–Crippen LogP) is 2.58. The second-order valence-corrected chi connectivity index (χ2v) is 8.96. The van der Waals surface area contributed by atoms with Crippen LogP contribution in [0.2, 0.25) is 5.02 Å². The van der Waals surface area contributed by atoms with Crippen molar-refractivity contribution in [2.75, 3.05) is 32.8 Å². The maximum Gasteiger partial charge on any atom is 0.274 e. The molecule has 0 spiro atoms. The molecule has 34 heavy (non-hydrogen) atoms. The molecular formula is C25H26ClN5O3. The molecule has 0 aliphatic carbocycles. The molecule has 9 heteroatoms. The minimum Gasteiger partial charge on any atom is -0.378 e. The van der Waals surface area contributed by atoms with Gasteiger partial charge >= 0.3 is 0 Å². The number of halogens is 1. The van der Waals surface area contributed by atoms with Gasteiger partial charge in [0.2, 0.25) is 5.91 Å². The Kier molecular flexibility index (Phi) is 6.60. The second-order valence-electron chi connectivity index (χ2n) is 8.53. The highest BCUT2D eigenvalue weighted by atomic mass is 35.5. The fourth-order valence-corrected chi connectivity index (χ4v) is 4.58. The smallest absolute Gasteiger partial charge is 0.274 e. The zero-order chi connectivity index (χ0) is 23.5. The maximum absolute atomic E-state index is 13.4. The van der Waals surface area contributed by atoms with E-state index in [1.54, 1.807) is 23.2 Å². The van der Waals surface area contributed by atoms with Crippen molar-refractivity contribution in [3.8, 4) is 0 Å². The molecule has 5 rings (SSSR count). The van der Waals surface area contributed by atoms with Gasteiger partial charge in [-0.15, -0.1) is 0 Å². The zero-order valence-electron chi connectivity index (χ0n) is 18.8. The lowest BCUT2D eigenvalue weighted by atomic mass is 10.0. The van der Waals surface area contributed by atoms with Crippen LogP contribution in [0.25, 0.3) is 0 Å². The Labute approximate surface area is 203 Å². The number of morpholine rings is 1. The number of hydrogen-bond donors (Lipinski definition) is 0. The van der Waals surface area contributed by atoms with Crippen molar-refractivity contribution in [2.24, 2.45) is 0 Å². The Morgan fingerprint density at radius 2 is 1.79 bits per heavy atom. The summed E-state index contributed by atoms with van der Waals surface area (Å²) < 4.78 is 7.29. The Hall–Kier alpha value is -3.23. The van der Waals surface area contributed by atoms with E-state index in [0.29, 0.717) is 69.5 Å². The Morgan fingerprint density at radius 1 is 1.00 bits per heavy atom. The van der Waals surface area contributed by atoms with Gasteiger partial charge in [0, 0.05) is 55.1 Å². The minimum absolute atomic E-state index is 0.0234. The third-order valence-corrected chi connectivity index (χ3v) is 6.55. The van der Waals surface area contributed by atoms with Gasteiger partial charge in [0.05, 0.1) is 31.9 Å². The van der Waals surface area contributed by atoms with Gasteiger partial charge in [-0.1, -0.05) is 29.8 Å². The lowest BCUT2D eigenvalue weighted by Gasteiger charge is -2.29. The van der Waals surface area contributed by atoms with Crippen LogP contribution >= 0.6 is 11.6 Å². The number of aromatic nitrogens is 3. The highest BCUT2D eigenvalue weighted by Gasteiger charge is 2.32. The average Bonchev–Trinajstić information content (AvgIpc) is 3.23. The van der Waals surface area contributed by atoms with Crippen molar-refractivity contribution in [1.82, 2.24) is 24.6 Å². The van der Waals surface area contributed by atoms with Crippen LogP contribution in [0.1, 0.15) is 33.0 Å². The van der Waals surface area contributed by atoms with Gasteiger partial charge in [-0.25, -0.2) is 0 Å². The van der Waals surface area contributed by atoms with Gasteiger partial charge in [-0.3, -0.25) is 19.3 Å². The molecule has 1 fully saturated rings. The molecule has 176 valence electrons. The maximum atomic E-state index is 13.4. The van der Waals surface area contributed by atoms with Gasteiger partial charge in [0.1, 0.15) is 0 Å². The van der Waals surface area contributed by atoms with Crippen molar-refractivity contribution >= 4 is 23.4 Å². The molecule has 2 amide bonds. The van der Waals surface area contributed by atoms with Gasteiger partial charge in [0.25, 0.3) is 5.91 Å². The Bertz CT molecular complexity index is 1170. The largest absolute Gasteiger partial charge is 0.378 e. The van der Waals surface area contributed by atoms with Crippen LogP contribution in [0.15, 0.2) is 48.7 Å². The predicted molar refractivity (Wildman–Crippen MR) is 127 cm³/mol. The van der Waals surface area contributed by atoms with Gasteiger partial charge in [-0.05, 0) is 29.8 Å². The van der Waals surface area contributed by atoms with Crippen LogP contribution in [0.4, 0.5) is 0 Å². The number of pyridine rings is 1. The Balaban J connectivity index is 1.41. The van der Waals surface area contributed by atoms with E-state index in [0.717, 1.165) is 22.5 Å². The van der Waals surface area contributed by atoms with E-state index in [2.05, 4.69) is 4.98 Å². The number of amides is 2. The summed E-state index contributed by atoms with van der Waals surface area (Å²) in [7, 11) is 0. The molecular weight excluding hydrogens is 454 g/mol. The fourth-order valence-electron chi connectivity index (χ4n) is 4.46. The quantitative estimate of drug-likeness (QED) is 0.562. The van der Waals surface area contributed by atoms with Crippen LogP contribution in [-0.4, -0.2) is 69.2 Å². The summed E-state index contributed by atoms with van der Waals surface area (Å²) in [4.78, 5) is 34.5. The van der Waals surface area contributed by atoms with Crippen LogP contribution in [-0.2, 0) is 35.5 Å². The van der Waals surface area contributed by atoms with E-state index >= 15 is 0 Å². The number of rotatable bonds is 5. The SMILES string of the molecule is O=C(Cc1ccc(Cl)cc1)N1CCc2c(c(C(=O)N3CCOCC3)nn2Cc2ccccn2)C1. The number of fused-ring (bicyclic) bond motifs is 1. The molecule has 0 unspecified atom stereocenters. The summed E-state index contributed by atoms with van der Waals surface area (Å²) in [5.41, 5.74) is 4.05. The van der Waals surface area contributed by atoms with Crippen LogP contribution in [0.5, 0.6) is 0 Å². The normalized spacial score (nSPS) is 15.8. The van der Waals surface area contributed by atoms with Gasteiger partial charge in [0.15, 0.2) is 5.69 Å². The molecule has 8 nitrogen and oxygen atoms in total. The van der Waals surface area contributed by atoms with Crippen molar-refractivity contribution in [3.63, 3.8) is 0 Å². The van der Waals surface area contributed by atoms with E-state index in [4.69, 9.17) is 21.4 Å². The first-order chi connectivity index (χ1) is 16.6. The summed E-state index contributed by atoms with van der Waals surface area (Å²) in [6.07, 6.45) is 2.68. The van der Waals surface area contributed by atoms with Crippen molar-refractivity contribution in [3.05, 3.63) is 81.9 Å². The molecule has 4 heterocycles. The number of hydrogen-bond acceptors (Lipinski definition) is 5. The second kappa shape index (κ2) is 9.95. The lowest BCUT2D eigenvalue weighted by molar-refractivity contribution is -0.131. The third kappa shape index (κ3) is 4.83. The van der Waals surface area contributed by atoms with E-state index in [1.807, 2.05) is 39.9 Å². The number of nitrogens with zero attached hydrogens (tertiary/aromatic N) is 5. The van der Waals surface area contributed by atoms with E-state index in [9.17, 15) is 9.59 Å². The topological polar surface area (TPSA) is 80.6 Å². The molecule has 1 saturated heterocycles. The third-order valence-electron chi connectivity index (χ3n) is 6.29. The molecule has 1 aromatic carbocycles. The van der Waals surface area contributed by atoms with Crippen LogP contribution in [0.3, 0.4) is 0 Å². The van der Waals surface area contributed by atoms with Crippen molar-refractivity contribution < 1.29 is 14.3 Å². The van der Waals surface area contributed by atoms with E-state index in [1.165, 1.54) is 0 Å². The standard InChI is InChI=1S/C25H26ClN5O3/c26-19-6-4-18(5-7-19)15-23(32)30-10-8-22-21(17-30)24(25(33)29-11-13-34-14-12-29)28-31(22)16-20-3-1-2-9-27-20/h1-7,9H,8,10-17H2. The van der Waals surface area contributed by atoms with Crippen LogP contribution < -0.4 is 0 Å². The molecule has 2 aliphatic heterocycles. The first-order valence-electron chi connectivity index (χ1n) is 11.5. The van der Waals surface area contributed by atoms with Crippen molar-refractivity contribution in [1.29, 1.82) is 0 Å². The number of benzene rings is 1. The first kappa shape index (κ1) is 22.6. The zero-order valence-corrected chi connectivity index (χ0v) is 19.6. The van der Waals surface area contributed by atoms with Gasteiger partial charge < -0.3 is 14.5 Å². The minimum atomic E-state index is -0.105. The highest BCUT2D eigenvalue weighted by molar-refractivity contribution is 6.30. The summed E-state index contributed by atoms with van der Waals surface area (Å²) in [5.74, 6) is -0.0819. The fraction of sp³-hybridized carbons (Fsp3) is 0.360. The molecule has 0 atom stereocenters. The van der Waals surface area contributed by atoms with Gasteiger partial charge in [-0.2, -0.15) is 5.10 Å². The van der Waals surface area contributed by atoms with Crippen LogP contribution in [0, 0.1) is 0 Å².